The Labute approximate surface area is 177 Å². The molecule has 0 aromatic heterocycles. The minimum Gasteiger partial charge on any atom is -0.479 e. The summed E-state index contributed by atoms with van der Waals surface area (Å²) in [7, 11) is -5.87. The molecule has 2 aromatic carbocycles. The standard InChI is InChI=1S/C20H19F3N2O5S/c1-3-14-11-15(7-10-17(14)30-31(28,29)20(21,22)23)19(4-2,18(26)27)25-16-8-5-13(12-24)6-9-16/h5-11,25H,3-4H2,1-2H3,(H,26,27). The predicted octanol–water partition coefficient (Wildman–Crippen LogP) is 4.15. The van der Waals surface area contributed by atoms with Crippen LogP contribution < -0.4 is 9.50 Å². The molecule has 0 aliphatic rings. The van der Waals surface area contributed by atoms with E-state index in [1.807, 2.05) is 6.07 Å². The Hall–Kier alpha value is -3.26. The molecule has 31 heavy (non-hydrogen) atoms. The van der Waals surface area contributed by atoms with Gasteiger partial charge in [-0.15, -0.1) is 0 Å². The topological polar surface area (TPSA) is 116 Å². The van der Waals surface area contributed by atoms with Crippen molar-refractivity contribution >= 4 is 21.8 Å². The van der Waals surface area contributed by atoms with Gasteiger partial charge >= 0.3 is 21.6 Å². The smallest absolute Gasteiger partial charge is 0.479 e. The molecule has 166 valence electrons. The summed E-state index contributed by atoms with van der Waals surface area (Å²) in [6.07, 6.45) is 0.138. The second kappa shape index (κ2) is 8.85. The first-order valence-electron chi connectivity index (χ1n) is 9.06. The lowest BCUT2D eigenvalue weighted by Gasteiger charge is -2.32. The van der Waals surface area contributed by atoms with E-state index in [1.165, 1.54) is 36.4 Å². The van der Waals surface area contributed by atoms with E-state index in [2.05, 4.69) is 9.50 Å². The van der Waals surface area contributed by atoms with Gasteiger partial charge in [0.25, 0.3) is 0 Å². The third-order valence-corrected chi connectivity index (χ3v) is 5.65. The lowest BCUT2D eigenvalue weighted by Crippen LogP contribution is -2.43. The third kappa shape index (κ3) is 4.91. The maximum absolute atomic E-state index is 12.7. The third-order valence-electron chi connectivity index (χ3n) is 4.68. The second-order valence-corrected chi connectivity index (χ2v) is 8.08. The van der Waals surface area contributed by atoms with Crippen molar-refractivity contribution in [2.45, 2.75) is 37.7 Å². The van der Waals surface area contributed by atoms with Crippen LogP contribution in [0, 0.1) is 11.3 Å². The molecule has 2 aromatic rings. The summed E-state index contributed by atoms with van der Waals surface area (Å²) in [6, 6.07) is 11.5. The number of alkyl halides is 3. The van der Waals surface area contributed by atoms with E-state index in [9.17, 15) is 31.5 Å². The molecule has 2 rings (SSSR count). The van der Waals surface area contributed by atoms with Crippen molar-refractivity contribution in [3.8, 4) is 11.8 Å². The van der Waals surface area contributed by atoms with Crippen molar-refractivity contribution in [2.75, 3.05) is 5.32 Å². The van der Waals surface area contributed by atoms with Gasteiger partial charge in [-0.05, 0) is 60.4 Å². The fourth-order valence-corrected chi connectivity index (χ4v) is 3.43. The van der Waals surface area contributed by atoms with Crippen molar-refractivity contribution in [1.29, 1.82) is 5.26 Å². The zero-order valence-electron chi connectivity index (χ0n) is 16.5. The Kier molecular flexibility index (Phi) is 6.86. The molecular formula is C20H19F3N2O5S. The van der Waals surface area contributed by atoms with E-state index in [0.717, 1.165) is 6.07 Å². The van der Waals surface area contributed by atoms with E-state index in [-0.39, 0.29) is 24.0 Å². The van der Waals surface area contributed by atoms with Gasteiger partial charge in [0.1, 0.15) is 5.75 Å². The van der Waals surface area contributed by atoms with Gasteiger partial charge < -0.3 is 14.6 Å². The average molecular weight is 456 g/mol. The van der Waals surface area contributed by atoms with Crippen LogP contribution in [0.25, 0.3) is 0 Å². The maximum Gasteiger partial charge on any atom is 0.534 e. The molecule has 1 unspecified atom stereocenters. The van der Waals surface area contributed by atoms with E-state index < -0.39 is 32.9 Å². The summed E-state index contributed by atoms with van der Waals surface area (Å²) in [6.45, 7) is 3.17. The number of aliphatic carboxylic acids is 1. The highest BCUT2D eigenvalue weighted by molar-refractivity contribution is 7.88. The van der Waals surface area contributed by atoms with E-state index in [4.69, 9.17) is 5.26 Å². The molecule has 0 fully saturated rings. The summed E-state index contributed by atoms with van der Waals surface area (Å²) in [5.74, 6) is -1.78. The van der Waals surface area contributed by atoms with Gasteiger partial charge in [0.05, 0.1) is 11.6 Å². The zero-order chi connectivity index (χ0) is 23.4. The highest BCUT2D eigenvalue weighted by Gasteiger charge is 2.49. The lowest BCUT2D eigenvalue weighted by atomic mass is 9.85. The summed E-state index contributed by atoms with van der Waals surface area (Å²) >= 11 is 0. The summed E-state index contributed by atoms with van der Waals surface area (Å²) in [5, 5.41) is 21.8. The van der Waals surface area contributed by atoms with Crippen molar-refractivity contribution in [3.63, 3.8) is 0 Å². The second-order valence-electron chi connectivity index (χ2n) is 6.54. The van der Waals surface area contributed by atoms with Gasteiger partial charge in [0.15, 0.2) is 5.54 Å². The molecule has 0 saturated carbocycles. The highest BCUT2D eigenvalue weighted by atomic mass is 32.2. The Balaban J connectivity index is 2.52. The number of carboxylic acids is 1. The highest BCUT2D eigenvalue weighted by Crippen LogP contribution is 2.35. The summed E-state index contributed by atoms with van der Waals surface area (Å²) < 4.78 is 64.9. The Morgan fingerprint density at radius 1 is 1.16 bits per heavy atom. The molecule has 0 aliphatic carbocycles. The zero-order valence-corrected chi connectivity index (χ0v) is 17.3. The fraction of sp³-hybridized carbons (Fsp3) is 0.300. The molecule has 1 atom stereocenters. The molecule has 2 N–H and O–H groups in total. The molecule has 0 heterocycles. The first-order chi connectivity index (χ1) is 14.4. The lowest BCUT2D eigenvalue weighted by molar-refractivity contribution is -0.142. The van der Waals surface area contributed by atoms with Crippen LogP contribution in [0.3, 0.4) is 0 Å². The Bertz CT molecular complexity index is 1110. The van der Waals surface area contributed by atoms with Crippen LogP contribution in [-0.2, 0) is 26.9 Å². The van der Waals surface area contributed by atoms with E-state index >= 15 is 0 Å². The van der Waals surface area contributed by atoms with Crippen LogP contribution in [0.15, 0.2) is 42.5 Å². The molecule has 11 heteroatoms. The fourth-order valence-electron chi connectivity index (χ4n) is 2.94. The number of hydrogen-bond acceptors (Lipinski definition) is 6. The molecule has 0 amide bonds. The largest absolute Gasteiger partial charge is 0.534 e. The van der Waals surface area contributed by atoms with Gasteiger partial charge in [-0.25, -0.2) is 4.79 Å². The van der Waals surface area contributed by atoms with Crippen molar-refractivity contribution in [1.82, 2.24) is 0 Å². The van der Waals surface area contributed by atoms with E-state index in [1.54, 1.807) is 13.8 Å². The number of benzene rings is 2. The van der Waals surface area contributed by atoms with Crippen LogP contribution in [0.5, 0.6) is 5.75 Å². The minimum atomic E-state index is -5.87. The van der Waals surface area contributed by atoms with Crippen LogP contribution in [0.1, 0.15) is 37.0 Å². The van der Waals surface area contributed by atoms with Gasteiger partial charge in [0, 0.05) is 5.69 Å². The molecule has 0 saturated heterocycles. The number of halogens is 3. The van der Waals surface area contributed by atoms with Crippen molar-refractivity contribution < 1.29 is 35.7 Å². The number of nitrogens with zero attached hydrogens (tertiary/aromatic N) is 1. The van der Waals surface area contributed by atoms with Gasteiger partial charge in [-0.1, -0.05) is 19.9 Å². The van der Waals surface area contributed by atoms with Crippen LogP contribution in [0.4, 0.5) is 18.9 Å². The SMILES string of the molecule is CCc1cc(C(CC)(Nc2ccc(C#N)cc2)C(=O)O)ccc1OS(=O)(=O)C(F)(F)F. The Morgan fingerprint density at radius 3 is 2.23 bits per heavy atom. The number of aryl methyl sites for hydroxylation is 1. The number of carbonyl (C=O) groups is 1. The Morgan fingerprint density at radius 2 is 1.77 bits per heavy atom. The van der Waals surface area contributed by atoms with Gasteiger partial charge in [-0.2, -0.15) is 26.9 Å². The number of rotatable bonds is 8. The molecule has 0 aliphatic heterocycles. The molecular weight excluding hydrogens is 437 g/mol. The quantitative estimate of drug-likeness (QED) is 0.453. The number of nitriles is 1. The van der Waals surface area contributed by atoms with Crippen LogP contribution in [0.2, 0.25) is 0 Å². The van der Waals surface area contributed by atoms with Crippen molar-refractivity contribution in [2.24, 2.45) is 0 Å². The van der Waals surface area contributed by atoms with Crippen LogP contribution >= 0.6 is 0 Å². The number of anilines is 1. The summed E-state index contributed by atoms with van der Waals surface area (Å²) in [4.78, 5) is 12.2. The first-order valence-corrected chi connectivity index (χ1v) is 10.5. The monoisotopic (exact) mass is 456 g/mol. The van der Waals surface area contributed by atoms with Gasteiger partial charge in [0.2, 0.25) is 0 Å². The van der Waals surface area contributed by atoms with Gasteiger partial charge in [-0.3, -0.25) is 0 Å². The summed E-state index contributed by atoms with van der Waals surface area (Å²) in [5.41, 5.74) is -6.20. The molecule has 0 bridgehead atoms. The van der Waals surface area contributed by atoms with Crippen LogP contribution in [-0.4, -0.2) is 25.0 Å². The maximum atomic E-state index is 12.7. The van der Waals surface area contributed by atoms with Crippen molar-refractivity contribution in [3.05, 3.63) is 59.2 Å². The molecule has 0 spiro atoms. The average Bonchev–Trinajstić information content (AvgIpc) is 2.71. The number of carboxylic acid groups (broad SMARTS) is 1. The minimum absolute atomic E-state index is 0.0482. The first kappa shape index (κ1) is 24.0. The normalized spacial score (nSPS) is 13.7. The van der Waals surface area contributed by atoms with E-state index in [0.29, 0.717) is 11.3 Å². The molecule has 7 nitrogen and oxygen atoms in total. The molecule has 0 radical (unpaired) electrons. The number of nitrogens with one attached hydrogen (secondary N) is 1. The number of hydrogen-bond donors (Lipinski definition) is 2. The predicted molar refractivity (Wildman–Crippen MR) is 106 cm³/mol.